The summed E-state index contributed by atoms with van der Waals surface area (Å²) in [5, 5.41) is 0.860. The van der Waals surface area contributed by atoms with Crippen LogP contribution in [0.15, 0.2) is 18.2 Å². The maximum atomic E-state index is 13.6. The second-order valence-electron chi connectivity index (χ2n) is 8.41. The fourth-order valence-corrected chi connectivity index (χ4v) is 5.82. The normalized spacial score (nSPS) is 24.8. The average molecular weight is 405 g/mol. The monoisotopic (exact) mass is 404 g/mol. The van der Waals surface area contributed by atoms with E-state index in [1.165, 1.54) is 23.5 Å². The Bertz CT molecular complexity index is 850. The molecule has 2 saturated heterocycles. The Morgan fingerprint density at radius 1 is 1.21 bits per heavy atom. The number of morpholine rings is 1. The molecule has 0 aliphatic carbocycles. The predicted molar refractivity (Wildman–Crippen MR) is 112 cm³/mol. The third kappa shape index (κ3) is 4.09. The number of amides is 1. The number of carbonyl (C=O) groups is 1. The Balaban J connectivity index is 1.37. The molecule has 1 aromatic carbocycles. The van der Waals surface area contributed by atoms with E-state index in [1.807, 2.05) is 11.8 Å². The number of rotatable bonds is 3. The third-order valence-electron chi connectivity index (χ3n) is 6.01. The average Bonchev–Trinajstić information content (AvgIpc) is 2.97. The van der Waals surface area contributed by atoms with Crippen LogP contribution >= 0.6 is 11.3 Å². The molecule has 0 spiro atoms. The van der Waals surface area contributed by atoms with Crippen molar-refractivity contribution in [2.45, 2.75) is 45.8 Å². The first-order chi connectivity index (χ1) is 13.4. The number of likely N-dealkylation sites (tertiary alicyclic amines) is 1. The summed E-state index contributed by atoms with van der Waals surface area (Å²) in [6, 6.07) is 4.77. The van der Waals surface area contributed by atoms with Crippen molar-refractivity contribution in [1.29, 1.82) is 0 Å². The van der Waals surface area contributed by atoms with Gasteiger partial charge in [-0.2, -0.15) is 0 Å². The molecule has 1 aromatic heterocycles. The van der Waals surface area contributed by atoms with Gasteiger partial charge in [0.25, 0.3) is 5.91 Å². The van der Waals surface area contributed by atoms with E-state index < -0.39 is 0 Å². The molecule has 2 atom stereocenters. The first kappa shape index (κ1) is 19.8. The predicted octanol–water partition coefficient (Wildman–Crippen LogP) is 4.31. The fraction of sp³-hybridized carbons (Fsp3) is 0.591. The van der Waals surface area contributed by atoms with Gasteiger partial charge < -0.3 is 9.64 Å². The highest BCUT2D eigenvalue weighted by Crippen LogP contribution is 2.33. The van der Waals surface area contributed by atoms with Gasteiger partial charge in [0.05, 0.1) is 17.1 Å². The summed E-state index contributed by atoms with van der Waals surface area (Å²) in [4.78, 5) is 18.3. The number of fused-ring (bicyclic) bond motifs is 1. The van der Waals surface area contributed by atoms with Crippen molar-refractivity contribution in [2.24, 2.45) is 5.92 Å². The molecule has 28 heavy (non-hydrogen) atoms. The molecule has 2 aliphatic heterocycles. The molecule has 0 bridgehead atoms. The molecule has 0 saturated carbocycles. The van der Waals surface area contributed by atoms with Gasteiger partial charge in [0.15, 0.2) is 0 Å². The second kappa shape index (κ2) is 8.09. The number of thiophene rings is 1. The van der Waals surface area contributed by atoms with Crippen LogP contribution in [-0.4, -0.2) is 60.6 Å². The zero-order valence-corrected chi connectivity index (χ0v) is 17.7. The Labute approximate surface area is 170 Å². The van der Waals surface area contributed by atoms with E-state index in [4.69, 9.17) is 4.74 Å². The van der Waals surface area contributed by atoms with E-state index in [0.29, 0.717) is 18.1 Å². The molecule has 6 heteroatoms. The van der Waals surface area contributed by atoms with Crippen LogP contribution in [0.4, 0.5) is 4.39 Å². The zero-order chi connectivity index (χ0) is 19.8. The summed E-state index contributed by atoms with van der Waals surface area (Å²) < 4.78 is 20.4. The van der Waals surface area contributed by atoms with Crippen molar-refractivity contribution < 1.29 is 13.9 Å². The Kier molecular flexibility index (Phi) is 5.72. The minimum absolute atomic E-state index is 0.103. The molecule has 3 heterocycles. The van der Waals surface area contributed by atoms with Gasteiger partial charge in [0.1, 0.15) is 5.82 Å². The summed E-state index contributed by atoms with van der Waals surface area (Å²) in [5.41, 5.74) is 0.905. The lowest BCUT2D eigenvalue weighted by atomic mass is 9.95. The maximum absolute atomic E-state index is 13.6. The SMILES string of the molecule is Cc1c(C(=O)N2CCC(CN3CC(C)OC(C)C3)CC2)sc2ccc(F)cc12. The minimum Gasteiger partial charge on any atom is -0.373 e. The van der Waals surface area contributed by atoms with E-state index >= 15 is 0 Å². The number of ether oxygens (including phenoxy) is 1. The molecule has 4 rings (SSSR count). The van der Waals surface area contributed by atoms with E-state index in [9.17, 15) is 9.18 Å². The molecule has 0 N–H and O–H groups in total. The quantitative estimate of drug-likeness (QED) is 0.764. The maximum Gasteiger partial charge on any atom is 0.264 e. The number of hydrogen-bond acceptors (Lipinski definition) is 4. The molecule has 2 unspecified atom stereocenters. The largest absolute Gasteiger partial charge is 0.373 e. The van der Waals surface area contributed by atoms with E-state index in [-0.39, 0.29) is 11.7 Å². The molecule has 2 aromatic rings. The summed E-state index contributed by atoms with van der Waals surface area (Å²) in [6.07, 6.45) is 2.69. The topological polar surface area (TPSA) is 32.8 Å². The van der Waals surface area contributed by atoms with Crippen LogP contribution < -0.4 is 0 Å². The second-order valence-corrected chi connectivity index (χ2v) is 9.46. The van der Waals surface area contributed by atoms with E-state index in [1.54, 1.807) is 6.07 Å². The number of carbonyl (C=O) groups excluding carboxylic acids is 1. The van der Waals surface area contributed by atoms with Crippen molar-refractivity contribution in [1.82, 2.24) is 9.80 Å². The van der Waals surface area contributed by atoms with Gasteiger partial charge in [-0.05, 0) is 68.7 Å². The Hall–Kier alpha value is -1.50. The Morgan fingerprint density at radius 2 is 1.89 bits per heavy atom. The first-order valence-corrected chi connectivity index (χ1v) is 11.1. The van der Waals surface area contributed by atoms with Crippen LogP contribution in [0, 0.1) is 18.7 Å². The van der Waals surface area contributed by atoms with Crippen molar-refractivity contribution >= 4 is 27.3 Å². The number of aryl methyl sites for hydroxylation is 1. The lowest BCUT2D eigenvalue weighted by Crippen LogP contribution is -2.48. The van der Waals surface area contributed by atoms with Crippen molar-refractivity contribution in [3.05, 3.63) is 34.5 Å². The van der Waals surface area contributed by atoms with Crippen molar-refractivity contribution in [3.63, 3.8) is 0 Å². The summed E-state index contributed by atoms with van der Waals surface area (Å²) in [6.45, 7) is 10.9. The summed E-state index contributed by atoms with van der Waals surface area (Å²) in [7, 11) is 0. The van der Waals surface area contributed by atoms with Gasteiger partial charge in [-0.3, -0.25) is 9.69 Å². The van der Waals surface area contributed by atoms with Crippen LogP contribution in [0.25, 0.3) is 10.1 Å². The number of hydrogen-bond donors (Lipinski definition) is 0. The molecule has 4 nitrogen and oxygen atoms in total. The number of benzene rings is 1. The smallest absolute Gasteiger partial charge is 0.264 e. The summed E-state index contributed by atoms with van der Waals surface area (Å²) >= 11 is 1.48. The van der Waals surface area contributed by atoms with Crippen LogP contribution in [0.5, 0.6) is 0 Å². The first-order valence-electron chi connectivity index (χ1n) is 10.3. The van der Waals surface area contributed by atoms with Gasteiger partial charge in [-0.15, -0.1) is 11.3 Å². The summed E-state index contributed by atoms with van der Waals surface area (Å²) in [5.74, 6) is 0.491. The Morgan fingerprint density at radius 3 is 2.57 bits per heavy atom. The standard InChI is InChI=1S/C22H29FN2O2S/c1-14-11-24(12-15(2)27-14)13-17-6-8-25(9-7-17)22(26)21-16(3)19-10-18(23)4-5-20(19)28-21/h4-5,10,14-15,17H,6-9,11-13H2,1-3H3. The number of piperidine rings is 1. The number of halogens is 1. The van der Waals surface area contributed by atoms with Gasteiger partial charge in [0.2, 0.25) is 0 Å². The van der Waals surface area contributed by atoms with Gasteiger partial charge in [-0.1, -0.05) is 0 Å². The third-order valence-corrected chi connectivity index (χ3v) is 7.27. The lowest BCUT2D eigenvalue weighted by molar-refractivity contribution is -0.0728. The van der Waals surface area contributed by atoms with Crippen LogP contribution in [-0.2, 0) is 4.74 Å². The highest BCUT2D eigenvalue weighted by molar-refractivity contribution is 7.21. The van der Waals surface area contributed by atoms with Crippen molar-refractivity contribution in [3.8, 4) is 0 Å². The number of nitrogens with zero attached hydrogens (tertiary/aromatic N) is 2. The molecular formula is C22H29FN2O2S. The molecule has 1 amide bonds. The molecule has 2 aliphatic rings. The van der Waals surface area contributed by atoms with Gasteiger partial charge in [-0.25, -0.2) is 4.39 Å². The molecule has 152 valence electrons. The van der Waals surface area contributed by atoms with Crippen LogP contribution in [0.3, 0.4) is 0 Å². The molecular weight excluding hydrogens is 375 g/mol. The zero-order valence-electron chi connectivity index (χ0n) is 16.9. The minimum atomic E-state index is -0.250. The highest BCUT2D eigenvalue weighted by Gasteiger charge is 2.29. The van der Waals surface area contributed by atoms with Gasteiger partial charge >= 0.3 is 0 Å². The molecule has 0 radical (unpaired) electrons. The van der Waals surface area contributed by atoms with Crippen LogP contribution in [0.2, 0.25) is 0 Å². The van der Waals surface area contributed by atoms with Crippen molar-refractivity contribution in [2.75, 3.05) is 32.7 Å². The molecule has 2 fully saturated rings. The van der Waals surface area contributed by atoms with E-state index in [0.717, 1.165) is 66.1 Å². The highest BCUT2D eigenvalue weighted by atomic mass is 32.1. The fourth-order valence-electron chi connectivity index (χ4n) is 4.66. The lowest BCUT2D eigenvalue weighted by Gasteiger charge is -2.39. The van der Waals surface area contributed by atoms with E-state index in [2.05, 4.69) is 18.7 Å². The van der Waals surface area contributed by atoms with Crippen LogP contribution in [0.1, 0.15) is 41.9 Å². The van der Waals surface area contributed by atoms with Gasteiger partial charge in [0, 0.05) is 37.4 Å².